The highest BCUT2D eigenvalue weighted by Crippen LogP contribution is 2.19. The van der Waals surface area contributed by atoms with Gasteiger partial charge in [0, 0.05) is 29.6 Å². The molecule has 29 heavy (non-hydrogen) atoms. The van der Waals surface area contributed by atoms with Crippen molar-refractivity contribution < 1.29 is 18.8 Å². The van der Waals surface area contributed by atoms with Crippen molar-refractivity contribution in [2.75, 3.05) is 17.2 Å². The second-order valence-corrected chi connectivity index (χ2v) is 8.36. The molecule has 0 aliphatic heterocycles. The summed E-state index contributed by atoms with van der Waals surface area (Å²) in [5, 5.41) is 9.45. The molecule has 0 aliphatic rings. The number of nitrogens with one attached hydrogen (secondary N) is 2. The minimum absolute atomic E-state index is 0.125. The fraction of sp³-hybridized carbons (Fsp3) is 0.524. The molecule has 2 N–H and O–H groups in total. The fourth-order valence-electron chi connectivity index (χ4n) is 2.36. The molecule has 1 aromatic carbocycles. The van der Waals surface area contributed by atoms with Gasteiger partial charge in [0.2, 0.25) is 11.8 Å². The van der Waals surface area contributed by atoms with E-state index in [0.717, 1.165) is 0 Å². The third-order valence-electron chi connectivity index (χ3n) is 3.87. The molecule has 0 bridgehead atoms. The second-order valence-electron chi connectivity index (χ2n) is 8.36. The van der Waals surface area contributed by atoms with Crippen molar-refractivity contribution in [1.29, 1.82) is 0 Å². The van der Waals surface area contributed by atoms with Crippen molar-refractivity contribution in [2.45, 2.75) is 59.3 Å². The molecule has 158 valence electrons. The van der Waals surface area contributed by atoms with Crippen LogP contribution in [0.5, 0.6) is 0 Å². The number of rotatable bonds is 8. The first-order chi connectivity index (χ1) is 13.6. The lowest BCUT2D eigenvalue weighted by molar-refractivity contribution is -0.116. The second kappa shape index (κ2) is 10.0. The largest absolute Gasteiger partial charge is 0.449 e. The van der Waals surface area contributed by atoms with Crippen LogP contribution in [-0.4, -0.2) is 28.7 Å². The Labute approximate surface area is 171 Å². The van der Waals surface area contributed by atoms with Crippen LogP contribution < -0.4 is 10.6 Å². The van der Waals surface area contributed by atoms with Gasteiger partial charge in [-0.05, 0) is 30.5 Å². The number of hydrogen-bond donors (Lipinski definition) is 2. The molecule has 2 amide bonds. The summed E-state index contributed by atoms with van der Waals surface area (Å²) in [5.74, 6) is 1.33. The van der Waals surface area contributed by atoms with E-state index in [1.54, 1.807) is 24.3 Å². The van der Waals surface area contributed by atoms with Gasteiger partial charge in [-0.3, -0.25) is 10.1 Å². The van der Waals surface area contributed by atoms with Crippen LogP contribution in [0.15, 0.2) is 28.8 Å². The van der Waals surface area contributed by atoms with E-state index in [1.165, 1.54) is 0 Å². The van der Waals surface area contributed by atoms with Crippen LogP contribution in [-0.2, 0) is 21.4 Å². The number of aryl methyl sites for hydroxylation is 1. The molecule has 0 fully saturated rings. The highest BCUT2D eigenvalue weighted by molar-refractivity contribution is 5.92. The fourth-order valence-corrected chi connectivity index (χ4v) is 2.36. The Hall–Kier alpha value is -2.90. The molecule has 8 nitrogen and oxygen atoms in total. The Bertz CT molecular complexity index is 824. The molecule has 0 saturated carbocycles. The van der Waals surface area contributed by atoms with Crippen molar-refractivity contribution in [3.8, 4) is 0 Å². The maximum Gasteiger partial charge on any atom is 0.411 e. The SMILES string of the molecule is CC(C)COC(=O)Nc1cccc(NC(=O)CCCc2nc(C(C)(C)C)no2)c1. The Morgan fingerprint density at radius 2 is 1.86 bits per heavy atom. The van der Waals surface area contributed by atoms with E-state index in [9.17, 15) is 9.59 Å². The number of carbonyl (C=O) groups excluding carboxylic acids is 2. The van der Waals surface area contributed by atoms with Crippen LogP contribution in [0.3, 0.4) is 0 Å². The number of anilines is 2. The van der Waals surface area contributed by atoms with Gasteiger partial charge < -0.3 is 14.6 Å². The van der Waals surface area contributed by atoms with E-state index >= 15 is 0 Å². The van der Waals surface area contributed by atoms with E-state index in [-0.39, 0.29) is 17.2 Å². The van der Waals surface area contributed by atoms with Crippen molar-refractivity contribution in [2.24, 2.45) is 5.92 Å². The third-order valence-corrected chi connectivity index (χ3v) is 3.87. The van der Waals surface area contributed by atoms with Gasteiger partial charge in [0.1, 0.15) is 0 Å². The molecule has 0 aliphatic carbocycles. The first-order valence-corrected chi connectivity index (χ1v) is 9.80. The number of nitrogens with zero attached hydrogens (tertiary/aromatic N) is 2. The van der Waals surface area contributed by atoms with Crippen molar-refractivity contribution in [3.05, 3.63) is 36.0 Å². The highest BCUT2D eigenvalue weighted by atomic mass is 16.5. The molecule has 0 unspecified atom stereocenters. The first kappa shape index (κ1) is 22.4. The van der Waals surface area contributed by atoms with Crippen molar-refractivity contribution in [1.82, 2.24) is 10.1 Å². The van der Waals surface area contributed by atoms with Crippen molar-refractivity contribution >= 4 is 23.4 Å². The van der Waals surface area contributed by atoms with Gasteiger partial charge in [-0.25, -0.2) is 4.79 Å². The lowest BCUT2D eigenvalue weighted by atomic mass is 9.96. The zero-order valence-corrected chi connectivity index (χ0v) is 17.7. The number of carbonyl (C=O) groups is 2. The molecule has 2 aromatic rings. The van der Waals surface area contributed by atoms with E-state index in [0.29, 0.717) is 49.0 Å². The topological polar surface area (TPSA) is 106 Å². The quantitative estimate of drug-likeness (QED) is 0.672. The summed E-state index contributed by atoms with van der Waals surface area (Å²) in [7, 11) is 0. The van der Waals surface area contributed by atoms with Crippen LogP contribution in [0.4, 0.5) is 16.2 Å². The molecule has 1 heterocycles. The molecule has 2 rings (SSSR count). The lowest BCUT2D eigenvalue weighted by Crippen LogP contribution is -2.17. The summed E-state index contributed by atoms with van der Waals surface area (Å²) >= 11 is 0. The maximum atomic E-state index is 12.2. The van der Waals surface area contributed by atoms with Gasteiger partial charge in [0.05, 0.1) is 6.61 Å². The Morgan fingerprint density at radius 3 is 2.48 bits per heavy atom. The van der Waals surface area contributed by atoms with Gasteiger partial charge in [-0.2, -0.15) is 4.98 Å². The minimum atomic E-state index is -0.517. The van der Waals surface area contributed by atoms with Crippen LogP contribution in [0.25, 0.3) is 0 Å². The molecule has 1 aromatic heterocycles. The minimum Gasteiger partial charge on any atom is -0.449 e. The number of benzene rings is 1. The van der Waals surface area contributed by atoms with Gasteiger partial charge in [0.15, 0.2) is 5.82 Å². The average Bonchev–Trinajstić information content (AvgIpc) is 3.09. The lowest BCUT2D eigenvalue weighted by Gasteiger charge is -2.11. The summed E-state index contributed by atoms with van der Waals surface area (Å²) in [5.41, 5.74) is 0.987. The van der Waals surface area contributed by atoms with E-state index in [2.05, 4.69) is 20.8 Å². The highest BCUT2D eigenvalue weighted by Gasteiger charge is 2.20. The summed E-state index contributed by atoms with van der Waals surface area (Å²) in [4.78, 5) is 28.3. The summed E-state index contributed by atoms with van der Waals surface area (Å²) in [6.07, 6.45) is 0.939. The standard InChI is InChI=1S/C21H30N4O4/c1-14(2)13-28-20(27)23-16-9-6-8-15(12-16)22-17(26)10-7-11-18-24-19(25-29-18)21(3,4)5/h6,8-9,12,14H,7,10-11,13H2,1-5H3,(H,22,26)(H,23,27). The predicted octanol–water partition coefficient (Wildman–Crippen LogP) is 4.53. The number of amides is 2. The Kier molecular flexibility index (Phi) is 7.75. The normalized spacial score (nSPS) is 11.4. The molecule has 0 atom stereocenters. The Morgan fingerprint density at radius 1 is 1.17 bits per heavy atom. The van der Waals surface area contributed by atoms with Crippen LogP contribution in [0.1, 0.15) is 59.2 Å². The monoisotopic (exact) mass is 402 g/mol. The molecule has 8 heteroatoms. The van der Waals surface area contributed by atoms with E-state index in [4.69, 9.17) is 9.26 Å². The predicted molar refractivity (Wildman–Crippen MR) is 111 cm³/mol. The van der Waals surface area contributed by atoms with Crippen molar-refractivity contribution in [3.63, 3.8) is 0 Å². The third kappa shape index (κ3) is 7.93. The molecule has 0 spiro atoms. The summed E-state index contributed by atoms with van der Waals surface area (Å²) < 4.78 is 10.3. The molecule has 0 saturated heterocycles. The van der Waals surface area contributed by atoms with Crippen LogP contribution >= 0.6 is 0 Å². The number of aromatic nitrogens is 2. The van der Waals surface area contributed by atoms with Gasteiger partial charge in [-0.1, -0.05) is 45.8 Å². The van der Waals surface area contributed by atoms with E-state index < -0.39 is 6.09 Å². The first-order valence-electron chi connectivity index (χ1n) is 9.80. The van der Waals surface area contributed by atoms with Gasteiger partial charge in [0.25, 0.3) is 0 Å². The Balaban J connectivity index is 1.78. The zero-order chi connectivity index (χ0) is 21.4. The zero-order valence-electron chi connectivity index (χ0n) is 17.7. The smallest absolute Gasteiger partial charge is 0.411 e. The maximum absolute atomic E-state index is 12.2. The van der Waals surface area contributed by atoms with Crippen LogP contribution in [0.2, 0.25) is 0 Å². The van der Waals surface area contributed by atoms with E-state index in [1.807, 2.05) is 34.6 Å². The average molecular weight is 402 g/mol. The number of hydrogen-bond acceptors (Lipinski definition) is 6. The van der Waals surface area contributed by atoms with Gasteiger partial charge >= 0.3 is 6.09 Å². The summed E-state index contributed by atoms with van der Waals surface area (Å²) in [6, 6.07) is 6.92. The number of ether oxygens (including phenoxy) is 1. The molecular weight excluding hydrogens is 372 g/mol. The van der Waals surface area contributed by atoms with Gasteiger partial charge in [-0.15, -0.1) is 0 Å². The molecule has 0 radical (unpaired) electrons. The summed E-state index contributed by atoms with van der Waals surface area (Å²) in [6.45, 7) is 10.3. The van der Waals surface area contributed by atoms with Crippen LogP contribution in [0, 0.1) is 5.92 Å². The molecular formula is C21H30N4O4.